The third-order valence-corrected chi connectivity index (χ3v) is 4.53. The van der Waals surface area contributed by atoms with E-state index >= 15 is 0 Å². The van der Waals surface area contributed by atoms with Crippen molar-refractivity contribution in [2.45, 2.75) is 33.1 Å². The molecule has 0 spiro atoms. The predicted octanol–water partition coefficient (Wildman–Crippen LogP) is 4.28. The lowest BCUT2D eigenvalue weighted by molar-refractivity contribution is -0.137. The van der Waals surface area contributed by atoms with E-state index in [0.717, 1.165) is 42.9 Å². The Morgan fingerprint density at radius 2 is 1.68 bits per heavy atom. The molecule has 0 aliphatic rings. The first-order chi connectivity index (χ1) is 13.3. The standard InChI is InChI=1S/C21H26F3N3O/c1-3-27(4-2)15-17-9-6-5-8-16(17)13-26-20(28)14-25-19-11-7-10-18(12-19)21(22,23)24/h5-12,25H,3-4,13-15H2,1-2H3,(H,26,28). The van der Waals surface area contributed by atoms with Crippen LogP contribution >= 0.6 is 0 Å². The Morgan fingerprint density at radius 3 is 2.32 bits per heavy atom. The largest absolute Gasteiger partial charge is 0.416 e. The summed E-state index contributed by atoms with van der Waals surface area (Å²) in [4.78, 5) is 14.4. The van der Waals surface area contributed by atoms with Crippen molar-refractivity contribution in [1.82, 2.24) is 10.2 Å². The molecule has 0 bridgehead atoms. The van der Waals surface area contributed by atoms with Crippen molar-refractivity contribution in [3.05, 3.63) is 65.2 Å². The molecule has 0 aromatic heterocycles. The van der Waals surface area contributed by atoms with E-state index in [4.69, 9.17) is 0 Å². The summed E-state index contributed by atoms with van der Waals surface area (Å²) in [5.41, 5.74) is 1.69. The molecule has 0 fully saturated rings. The normalized spacial score (nSPS) is 11.5. The van der Waals surface area contributed by atoms with Crippen LogP contribution in [0.25, 0.3) is 0 Å². The number of halogens is 3. The van der Waals surface area contributed by atoms with E-state index in [1.54, 1.807) is 0 Å². The van der Waals surface area contributed by atoms with Crippen molar-refractivity contribution in [2.24, 2.45) is 0 Å². The third kappa shape index (κ3) is 6.56. The average molecular weight is 393 g/mol. The molecule has 0 radical (unpaired) electrons. The summed E-state index contributed by atoms with van der Waals surface area (Å²) in [6.45, 7) is 7.18. The maximum absolute atomic E-state index is 12.7. The van der Waals surface area contributed by atoms with E-state index in [9.17, 15) is 18.0 Å². The van der Waals surface area contributed by atoms with E-state index in [1.807, 2.05) is 24.3 Å². The zero-order valence-corrected chi connectivity index (χ0v) is 16.1. The molecule has 2 N–H and O–H groups in total. The van der Waals surface area contributed by atoms with Crippen LogP contribution in [0.5, 0.6) is 0 Å². The van der Waals surface area contributed by atoms with Gasteiger partial charge >= 0.3 is 6.18 Å². The molecule has 2 aromatic carbocycles. The lowest BCUT2D eigenvalue weighted by atomic mass is 10.1. The van der Waals surface area contributed by atoms with Gasteiger partial charge in [0, 0.05) is 18.8 Å². The second-order valence-corrected chi connectivity index (χ2v) is 6.44. The fourth-order valence-corrected chi connectivity index (χ4v) is 2.82. The number of anilines is 1. The maximum Gasteiger partial charge on any atom is 0.416 e. The van der Waals surface area contributed by atoms with Crippen LogP contribution in [0.4, 0.5) is 18.9 Å². The van der Waals surface area contributed by atoms with Crippen molar-refractivity contribution in [3.63, 3.8) is 0 Å². The first-order valence-corrected chi connectivity index (χ1v) is 9.30. The number of amides is 1. The summed E-state index contributed by atoms with van der Waals surface area (Å²) in [5.74, 6) is -0.282. The predicted molar refractivity (Wildman–Crippen MR) is 105 cm³/mol. The summed E-state index contributed by atoms with van der Waals surface area (Å²) >= 11 is 0. The second kappa shape index (κ2) is 10.1. The van der Waals surface area contributed by atoms with E-state index < -0.39 is 11.7 Å². The topological polar surface area (TPSA) is 44.4 Å². The van der Waals surface area contributed by atoms with Crippen molar-refractivity contribution in [2.75, 3.05) is 25.0 Å². The second-order valence-electron chi connectivity index (χ2n) is 6.44. The molecule has 0 saturated heterocycles. The number of carbonyl (C=O) groups excluding carboxylic acids is 1. The zero-order valence-electron chi connectivity index (χ0n) is 16.1. The molecule has 0 atom stereocenters. The van der Waals surface area contributed by atoms with Gasteiger partial charge in [0.2, 0.25) is 5.91 Å². The molecular formula is C21H26F3N3O. The van der Waals surface area contributed by atoms with Crippen molar-refractivity contribution in [1.29, 1.82) is 0 Å². The van der Waals surface area contributed by atoms with Crippen LogP contribution in [0, 0.1) is 0 Å². The molecule has 4 nitrogen and oxygen atoms in total. The smallest absolute Gasteiger partial charge is 0.376 e. The third-order valence-electron chi connectivity index (χ3n) is 4.53. The molecule has 7 heteroatoms. The Labute approximate surface area is 163 Å². The van der Waals surface area contributed by atoms with Gasteiger partial charge in [0.25, 0.3) is 0 Å². The minimum absolute atomic E-state index is 0.0977. The summed E-state index contributed by atoms with van der Waals surface area (Å²) in [7, 11) is 0. The van der Waals surface area contributed by atoms with Gasteiger partial charge in [-0.3, -0.25) is 9.69 Å². The Kier molecular flexibility index (Phi) is 7.87. The molecule has 1 amide bonds. The quantitative estimate of drug-likeness (QED) is 0.669. The number of benzene rings is 2. The number of nitrogens with one attached hydrogen (secondary N) is 2. The van der Waals surface area contributed by atoms with Crippen molar-refractivity contribution >= 4 is 11.6 Å². The number of rotatable bonds is 9. The van der Waals surface area contributed by atoms with E-state index in [1.165, 1.54) is 12.1 Å². The Balaban J connectivity index is 1.90. The Hall–Kier alpha value is -2.54. The van der Waals surface area contributed by atoms with Crippen LogP contribution in [-0.2, 0) is 24.1 Å². The van der Waals surface area contributed by atoms with Crippen LogP contribution in [0.15, 0.2) is 48.5 Å². The van der Waals surface area contributed by atoms with Gasteiger partial charge in [-0.05, 0) is 42.4 Å². The van der Waals surface area contributed by atoms with Crippen LogP contribution in [0.2, 0.25) is 0 Å². The van der Waals surface area contributed by atoms with Gasteiger partial charge in [-0.25, -0.2) is 0 Å². The molecule has 0 unspecified atom stereocenters. The number of nitrogens with zero attached hydrogens (tertiary/aromatic N) is 1. The highest BCUT2D eigenvalue weighted by molar-refractivity contribution is 5.80. The minimum Gasteiger partial charge on any atom is -0.376 e. The summed E-state index contributed by atoms with van der Waals surface area (Å²) < 4.78 is 38.2. The highest BCUT2D eigenvalue weighted by Gasteiger charge is 2.30. The SMILES string of the molecule is CCN(CC)Cc1ccccc1CNC(=O)CNc1cccc(C(F)(F)F)c1. The van der Waals surface area contributed by atoms with Crippen LogP contribution < -0.4 is 10.6 Å². The number of carbonyl (C=O) groups is 1. The van der Waals surface area contributed by atoms with Gasteiger partial charge in [0.05, 0.1) is 12.1 Å². The molecule has 152 valence electrons. The monoisotopic (exact) mass is 393 g/mol. The average Bonchev–Trinajstić information content (AvgIpc) is 2.69. The highest BCUT2D eigenvalue weighted by Crippen LogP contribution is 2.30. The van der Waals surface area contributed by atoms with Gasteiger partial charge in [-0.1, -0.05) is 44.2 Å². The van der Waals surface area contributed by atoms with Gasteiger partial charge < -0.3 is 10.6 Å². The minimum atomic E-state index is -4.41. The fraction of sp³-hybridized carbons (Fsp3) is 0.381. The Bertz CT molecular complexity index is 773. The number of hydrogen-bond donors (Lipinski definition) is 2. The number of hydrogen-bond acceptors (Lipinski definition) is 3. The maximum atomic E-state index is 12.7. The van der Waals surface area contributed by atoms with Crippen molar-refractivity contribution < 1.29 is 18.0 Å². The molecule has 0 aliphatic heterocycles. The van der Waals surface area contributed by atoms with Gasteiger partial charge in [0.15, 0.2) is 0 Å². The summed E-state index contributed by atoms with van der Waals surface area (Å²) in [5, 5.41) is 5.56. The van der Waals surface area contributed by atoms with Crippen LogP contribution in [-0.4, -0.2) is 30.4 Å². The van der Waals surface area contributed by atoms with Crippen molar-refractivity contribution in [3.8, 4) is 0 Å². The number of alkyl halides is 3. The highest BCUT2D eigenvalue weighted by atomic mass is 19.4. The molecule has 2 aromatic rings. The summed E-state index contributed by atoms with van der Waals surface area (Å²) in [6.07, 6.45) is -4.41. The first kappa shape index (κ1) is 21.8. The Morgan fingerprint density at radius 1 is 1.00 bits per heavy atom. The van der Waals surface area contributed by atoms with E-state index in [-0.39, 0.29) is 18.1 Å². The van der Waals surface area contributed by atoms with Gasteiger partial charge in [0.1, 0.15) is 0 Å². The molecule has 0 aliphatic carbocycles. The molecular weight excluding hydrogens is 367 g/mol. The van der Waals surface area contributed by atoms with Crippen LogP contribution in [0.3, 0.4) is 0 Å². The summed E-state index contributed by atoms with van der Waals surface area (Å²) in [6, 6.07) is 12.7. The zero-order chi connectivity index (χ0) is 20.6. The van der Waals surface area contributed by atoms with E-state index in [0.29, 0.717) is 6.54 Å². The lowest BCUT2D eigenvalue weighted by Crippen LogP contribution is -2.30. The molecule has 0 saturated carbocycles. The fourth-order valence-electron chi connectivity index (χ4n) is 2.82. The first-order valence-electron chi connectivity index (χ1n) is 9.30. The van der Waals surface area contributed by atoms with Gasteiger partial charge in [-0.2, -0.15) is 13.2 Å². The lowest BCUT2D eigenvalue weighted by Gasteiger charge is -2.20. The molecule has 2 rings (SSSR count). The van der Waals surface area contributed by atoms with Crippen LogP contribution in [0.1, 0.15) is 30.5 Å². The van der Waals surface area contributed by atoms with E-state index in [2.05, 4.69) is 29.4 Å². The van der Waals surface area contributed by atoms with Gasteiger partial charge in [-0.15, -0.1) is 0 Å². The molecule has 28 heavy (non-hydrogen) atoms. The molecule has 0 heterocycles.